The van der Waals surface area contributed by atoms with Gasteiger partial charge < -0.3 is 20.4 Å². The fraction of sp³-hybridized carbons (Fsp3) is 0.538. The predicted molar refractivity (Wildman–Crippen MR) is 136 cm³/mol. The van der Waals surface area contributed by atoms with Gasteiger partial charge in [0, 0.05) is 63.2 Å². The maximum atomic E-state index is 15.0. The summed E-state index contributed by atoms with van der Waals surface area (Å²) in [5.41, 5.74) is 0.519. The van der Waals surface area contributed by atoms with Crippen molar-refractivity contribution in [1.82, 2.24) is 20.4 Å². The summed E-state index contributed by atoms with van der Waals surface area (Å²) in [5, 5.41) is 8.90. The van der Waals surface area contributed by atoms with E-state index < -0.39 is 23.5 Å². The molecule has 2 atom stereocenters. The Kier molecular flexibility index (Phi) is 5.89. The number of benzene rings is 1. The van der Waals surface area contributed by atoms with E-state index in [1.807, 2.05) is 22.9 Å². The van der Waals surface area contributed by atoms with Gasteiger partial charge in [0.15, 0.2) is 6.29 Å². The van der Waals surface area contributed by atoms with Crippen LogP contribution in [0.4, 0.5) is 15.8 Å². The number of nitrogens with zero attached hydrogens (tertiary/aromatic N) is 4. The smallest absolute Gasteiger partial charge is 0.244 e. The molecule has 196 valence electrons. The Bertz CT molecular complexity index is 1200. The van der Waals surface area contributed by atoms with Gasteiger partial charge in [0.2, 0.25) is 17.7 Å². The van der Waals surface area contributed by atoms with Crippen molar-refractivity contribution < 1.29 is 18.8 Å². The number of piperazine rings is 1. The van der Waals surface area contributed by atoms with Crippen molar-refractivity contribution in [3.05, 3.63) is 35.4 Å². The highest BCUT2D eigenvalue weighted by Gasteiger charge is 2.59. The van der Waals surface area contributed by atoms with E-state index in [4.69, 9.17) is 0 Å². The third-order valence-electron chi connectivity index (χ3n) is 8.25. The largest absolute Gasteiger partial charge is 0.367 e. The van der Waals surface area contributed by atoms with Crippen molar-refractivity contribution in [3.63, 3.8) is 0 Å². The van der Waals surface area contributed by atoms with Gasteiger partial charge in [0.1, 0.15) is 17.1 Å². The van der Waals surface area contributed by atoms with Crippen LogP contribution in [0, 0.1) is 11.2 Å². The molecule has 5 aliphatic rings. The van der Waals surface area contributed by atoms with Gasteiger partial charge >= 0.3 is 0 Å². The quantitative estimate of drug-likeness (QED) is 0.416. The van der Waals surface area contributed by atoms with Crippen LogP contribution in [0.5, 0.6) is 0 Å². The van der Waals surface area contributed by atoms with Crippen molar-refractivity contribution in [2.75, 3.05) is 43.4 Å². The standard InChI is InChI=1S/C26H32FN7O3/c1-32-22-16(13-26(14-21(35)31-23(26)36)24(37)34(22)18-4-2-3-5-18)15-29-25(32)30-17-6-7-20(19(27)12-17)33-10-8-28-9-11-33/h6-7,12,15,18,25,28,30H,2-5,8-11,13-14H2,1H3,(H,31,35,36). The van der Waals surface area contributed by atoms with E-state index >= 15 is 4.39 Å². The van der Waals surface area contributed by atoms with E-state index in [9.17, 15) is 14.4 Å². The van der Waals surface area contributed by atoms with Crippen LogP contribution in [-0.2, 0) is 14.4 Å². The summed E-state index contributed by atoms with van der Waals surface area (Å²) in [6.07, 6.45) is 4.84. The first-order valence-electron chi connectivity index (χ1n) is 13.1. The number of aliphatic imine (C=N–C) groups is 1. The molecule has 4 aliphatic heterocycles. The summed E-state index contributed by atoms with van der Waals surface area (Å²) >= 11 is 0. The Hall–Kier alpha value is -3.47. The summed E-state index contributed by atoms with van der Waals surface area (Å²) in [4.78, 5) is 49.2. The molecule has 0 bridgehead atoms. The number of anilines is 2. The molecule has 1 aromatic rings. The molecule has 0 radical (unpaired) electrons. The number of amides is 3. The molecular weight excluding hydrogens is 477 g/mol. The van der Waals surface area contributed by atoms with Crippen molar-refractivity contribution in [1.29, 1.82) is 0 Å². The van der Waals surface area contributed by atoms with E-state index in [1.54, 1.807) is 17.2 Å². The Labute approximate surface area is 214 Å². The fourth-order valence-corrected chi connectivity index (χ4v) is 6.34. The Morgan fingerprint density at radius 1 is 1.11 bits per heavy atom. The molecule has 1 spiro atoms. The van der Waals surface area contributed by atoms with Gasteiger partial charge in [-0.3, -0.25) is 24.6 Å². The average Bonchev–Trinajstić information content (AvgIpc) is 3.51. The minimum atomic E-state index is -1.41. The molecular formula is C26H32FN7O3. The molecule has 6 rings (SSSR count). The molecule has 11 heteroatoms. The molecule has 3 amide bonds. The van der Waals surface area contributed by atoms with Crippen LogP contribution in [-0.4, -0.2) is 79.3 Å². The monoisotopic (exact) mass is 509 g/mol. The number of allylic oxidation sites excluding steroid dienone is 1. The van der Waals surface area contributed by atoms with Crippen LogP contribution in [0.15, 0.2) is 34.6 Å². The summed E-state index contributed by atoms with van der Waals surface area (Å²) in [7, 11) is 1.85. The van der Waals surface area contributed by atoms with Gasteiger partial charge in [-0.05, 0) is 31.0 Å². The van der Waals surface area contributed by atoms with Crippen LogP contribution in [0.2, 0.25) is 0 Å². The van der Waals surface area contributed by atoms with Gasteiger partial charge in [0.25, 0.3) is 0 Å². The minimum absolute atomic E-state index is 0.0384. The first kappa shape index (κ1) is 23.9. The Morgan fingerprint density at radius 2 is 1.86 bits per heavy atom. The van der Waals surface area contributed by atoms with E-state index in [0.717, 1.165) is 57.4 Å². The molecule has 3 fully saturated rings. The van der Waals surface area contributed by atoms with Crippen molar-refractivity contribution in [2.24, 2.45) is 10.4 Å². The second kappa shape index (κ2) is 9.13. The summed E-state index contributed by atoms with van der Waals surface area (Å²) < 4.78 is 15.0. The lowest BCUT2D eigenvalue weighted by Gasteiger charge is -2.48. The number of imide groups is 1. The average molecular weight is 510 g/mol. The molecule has 1 saturated carbocycles. The highest BCUT2D eigenvalue weighted by atomic mass is 19.1. The zero-order chi connectivity index (χ0) is 25.7. The van der Waals surface area contributed by atoms with Gasteiger partial charge in [-0.1, -0.05) is 12.8 Å². The minimum Gasteiger partial charge on any atom is -0.367 e. The topological polar surface area (TPSA) is 109 Å². The lowest BCUT2D eigenvalue weighted by atomic mass is 9.75. The van der Waals surface area contributed by atoms with Crippen molar-refractivity contribution in [3.8, 4) is 0 Å². The zero-order valence-corrected chi connectivity index (χ0v) is 20.9. The van der Waals surface area contributed by atoms with Gasteiger partial charge in [0.05, 0.1) is 12.1 Å². The van der Waals surface area contributed by atoms with E-state index in [1.165, 1.54) is 6.07 Å². The molecule has 4 heterocycles. The first-order chi connectivity index (χ1) is 17.9. The number of hydrogen-bond acceptors (Lipinski definition) is 8. The summed E-state index contributed by atoms with van der Waals surface area (Å²) in [6, 6.07) is 5.07. The maximum Gasteiger partial charge on any atom is 0.244 e. The van der Waals surface area contributed by atoms with Crippen LogP contribution in [0.1, 0.15) is 38.5 Å². The molecule has 1 aliphatic carbocycles. The van der Waals surface area contributed by atoms with Gasteiger partial charge in [-0.2, -0.15) is 0 Å². The van der Waals surface area contributed by atoms with Gasteiger partial charge in [-0.25, -0.2) is 9.38 Å². The Morgan fingerprint density at radius 3 is 2.54 bits per heavy atom. The Balaban J connectivity index is 1.28. The molecule has 10 nitrogen and oxygen atoms in total. The molecule has 1 aromatic carbocycles. The fourth-order valence-electron chi connectivity index (χ4n) is 6.34. The van der Waals surface area contributed by atoms with Crippen LogP contribution in [0.3, 0.4) is 0 Å². The molecule has 37 heavy (non-hydrogen) atoms. The van der Waals surface area contributed by atoms with Gasteiger partial charge in [-0.15, -0.1) is 0 Å². The molecule has 3 N–H and O–H groups in total. The third-order valence-corrected chi connectivity index (χ3v) is 8.25. The zero-order valence-electron chi connectivity index (χ0n) is 20.9. The van der Waals surface area contributed by atoms with Crippen LogP contribution >= 0.6 is 0 Å². The molecule has 2 saturated heterocycles. The van der Waals surface area contributed by atoms with Crippen molar-refractivity contribution in [2.45, 2.75) is 50.9 Å². The molecule has 2 unspecified atom stereocenters. The first-order valence-corrected chi connectivity index (χ1v) is 13.1. The molecule has 0 aromatic heterocycles. The number of carbonyl (C=O) groups is 3. The number of halogens is 1. The summed E-state index contributed by atoms with van der Waals surface area (Å²) in [6.45, 7) is 3.16. The number of nitrogens with one attached hydrogen (secondary N) is 3. The predicted octanol–water partition coefficient (Wildman–Crippen LogP) is 1.37. The maximum absolute atomic E-state index is 15.0. The lowest BCUT2D eigenvalue weighted by molar-refractivity contribution is -0.151. The number of hydrogen-bond donors (Lipinski definition) is 3. The van der Waals surface area contributed by atoms with E-state index in [2.05, 4.69) is 20.9 Å². The number of carbonyl (C=O) groups excluding carboxylic acids is 3. The second-order valence-corrected chi connectivity index (χ2v) is 10.6. The SMILES string of the molecule is CN1C2=C(C=NC1Nc1ccc(N3CCNCC3)c(F)c1)CC1(CC(=O)NC1=O)C(=O)N2C1CCCC1. The highest BCUT2D eigenvalue weighted by Crippen LogP contribution is 2.46. The van der Waals surface area contributed by atoms with E-state index in [-0.39, 0.29) is 30.6 Å². The second-order valence-electron chi connectivity index (χ2n) is 10.6. The summed E-state index contributed by atoms with van der Waals surface area (Å²) in [5.74, 6) is -0.837. The lowest BCUT2D eigenvalue weighted by Crippen LogP contribution is -2.59. The van der Waals surface area contributed by atoms with Crippen molar-refractivity contribution >= 4 is 35.3 Å². The van der Waals surface area contributed by atoms with E-state index in [0.29, 0.717) is 17.2 Å². The normalized spacial score (nSPS) is 28.4. The van der Waals surface area contributed by atoms with Crippen LogP contribution < -0.4 is 20.9 Å². The van der Waals surface area contributed by atoms with Crippen LogP contribution in [0.25, 0.3) is 0 Å². The third kappa shape index (κ3) is 3.96. The number of rotatable bonds is 4. The highest BCUT2D eigenvalue weighted by molar-refractivity contribution is 6.19.